The zero-order valence-corrected chi connectivity index (χ0v) is 9.70. The second kappa shape index (κ2) is 5.41. The van der Waals surface area contributed by atoms with Gasteiger partial charge in [0.1, 0.15) is 0 Å². The van der Waals surface area contributed by atoms with Crippen molar-refractivity contribution in [1.82, 2.24) is 4.98 Å². The molecular weight excluding hydrogens is 304 g/mol. The van der Waals surface area contributed by atoms with Crippen LogP contribution >= 0.6 is 11.6 Å². The van der Waals surface area contributed by atoms with Crippen molar-refractivity contribution in [1.29, 1.82) is 0 Å². The molecule has 1 heterocycles. The number of halogens is 7. The number of aliphatic hydroxyl groups excluding tert-OH is 1. The van der Waals surface area contributed by atoms with Crippen LogP contribution in [-0.2, 0) is 18.7 Å². The Morgan fingerprint density at radius 3 is 2.11 bits per heavy atom. The van der Waals surface area contributed by atoms with Crippen LogP contribution in [0.1, 0.15) is 16.7 Å². The fourth-order valence-electron chi connectivity index (χ4n) is 1.33. The molecule has 0 atom stereocenters. The summed E-state index contributed by atoms with van der Waals surface area (Å²) in [4.78, 5) is 2.93. The molecular formula is C9H6ClF6NO2. The second-order valence-corrected chi connectivity index (χ2v) is 3.54. The van der Waals surface area contributed by atoms with Crippen molar-refractivity contribution in [3.63, 3.8) is 0 Å². The van der Waals surface area contributed by atoms with Gasteiger partial charge in [-0.3, -0.25) is 0 Å². The van der Waals surface area contributed by atoms with Gasteiger partial charge in [0, 0.05) is 17.6 Å². The number of aliphatic hydroxyl groups is 1. The lowest BCUT2D eigenvalue weighted by atomic mass is 10.1. The standard InChI is InChI=1S/C9H6ClF6NO2/c10-1-4-5(3-18)7(19-9(14,15)16)17-2-6(4)8(11,12)13/h2,18H,1,3H2. The zero-order chi connectivity index (χ0) is 14.8. The van der Waals surface area contributed by atoms with E-state index >= 15 is 0 Å². The predicted molar refractivity (Wildman–Crippen MR) is 51.4 cm³/mol. The fourth-order valence-corrected chi connectivity index (χ4v) is 1.63. The van der Waals surface area contributed by atoms with Gasteiger partial charge < -0.3 is 9.84 Å². The SMILES string of the molecule is OCc1c(OC(F)(F)F)ncc(C(F)(F)F)c1CCl. The Labute approximate surface area is 107 Å². The van der Waals surface area contributed by atoms with Crippen molar-refractivity contribution in [2.24, 2.45) is 0 Å². The summed E-state index contributed by atoms with van der Waals surface area (Å²) in [7, 11) is 0. The lowest BCUT2D eigenvalue weighted by Crippen LogP contribution is -2.21. The number of hydrogen-bond acceptors (Lipinski definition) is 3. The number of alkyl halides is 7. The van der Waals surface area contributed by atoms with Crippen LogP contribution in [0, 0.1) is 0 Å². The number of aromatic nitrogens is 1. The summed E-state index contributed by atoms with van der Waals surface area (Å²) in [5.41, 5.74) is -2.77. The highest BCUT2D eigenvalue weighted by atomic mass is 35.5. The molecule has 0 spiro atoms. The van der Waals surface area contributed by atoms with Gasteiger partial charge in [0.05, 0.1) is 12.2 Å². The minimum absolute atomic E-state index is 0.179. The number of rotatable bonds is 3. The van der Waals surface area contributed by atoms with Crippen LogP contribution in [0.5, 0.6) is 5.88 Å². The number of ether oxygens (including phenoxy) is 1. The van der Waals surface area contributed by atoms with Gasteiger partial charge in [0.15, 0.2) is 0 Å². The Hall–Kier alpha value is -1.22. The summed E-state index contributed by atoms with van der Waals surface area (Å²) in [6.07, 6.45) is -9.81. The van der Waals surface area contributed by atoms with E-state index in [0.29, 0.717) is 0 Å². The quantitative estimate of drug-likeness (QED) is 0.688. The first-order chi connectivity index (χ1) is 8.60. The molecule has 0 saturated carbocycles. The summed E-state index contributed by atoms with van der Waals surface area (Å²) in [5, 5.41) is 8.90. The van der Waals surface area contributed by atoms with Crippen LogP contribution < -0.4 is 4.74 Å². The van der Waals surface area contributed by atoms with Gasteiger partial charge in [0.2, 0.25) is 5.88 Å². The molecule has 19 heavy (non-hydrogen) atoms. The van der Waals surface area contributed by atoms with Crippen molar-refractivity contribution < 1.29 is 36.2 Å². The summed E-state index contributed by atoms with van der Waals surface area (Å²) in [5.74, 6) is -1.90. The number of pyridine rings is 1. The largest absolute Gasteiger partial charge is 0.574 e. The van der Waals surface area contributed by atoms with Crippen molar-refractivity contribution in [2.75, 3.05) is 0 Å². The van der Waals surface area contributed by atoms with Gasteiger partial charge in [-0.2, -0.15) is 13.2 Å². The molecule has 0 fully saturated rings. The van der Waals surface area contributed by atoms with Crippen molar-refractivity contribution in [3.8, 4) is 5.88 Å². The van der Waals surface area contributed by atoms with E-state index in [-0.39, 0.29) is 6.20 Å². The van der Waals surface area contributed by atoms with Crippen LogP contribution in [0.2, 0.25) is 0 Å². The Morgan fingerprint density at radius 2 is 1.74 bits per heavy atom. The van der Waals surface area contributed by atoms with E-state index in [1.807, 2.05) is 0 Å². The molecule has 0 aromatic carbocycles. The molecule has 0 aliphatic carbocycles. The maximum atomic E-state index is 12.6. The Balaban J connectivity index is 3.39. The first-order valence-corrected chi connectivity index (χ1v) is 5.14. The highest BCUT2D eigenvalue weighted by molar-refractivity contribution is 6.17. The van der Waals surface area contributed by atoms with Crippen molar-refractivity contribution >= 4 is 11.6 Å². The van der Waals surface area contributed by atoms with E-state index in [1.54, 1.807) is 0 Å². The van der Waals surface area contributed by atoms with Gasteiger partial charge >= 0.3 is 12.5 Å². The molecule has 0 aliphatic heterocycles. The summed E-state index contributed by atoms with van der Waals surface area (Å²) in [6, 6.07) is 0. The van der Waals surface area contributed by atoms with E-state index in [2.05, 4.69) is 9.72 Å². The average Bonchev–Trinajstić information content (AvgIpc) is 2.24. The monoisotopic (exact) mass is 309 g/mol. The summed E-state index contributed by atoms with van der Waals surface area (Å²) < 4.78 is 77.3. The number of nitrogens with zero attached hydrogens (tertiary/aromatic N) is 1. The fraction of sp³-hybridized carbons (Fsp3) is 0.444. The van der Waals surface area contributed by atoms with E-state index in [0.717, 1.165) is 0 Å². The van der Waals surface area contributed by atoms with Crippen LogP contribution in [0.15, 0.2) is 6.20 Å². The third-order valence-electron chi connectivity index (χ3n) is 2.07. The molecule has 0 saturated heterocycles. The zero-order valence-electron chi connectivity index (χ0n) is 8.94. The van der Waals surface area contributed by atoms with E-state index in [4.69, 9.17) is 16.7 Å². The summed E-state index contributed by atoms with van der Waals surface area (Å²) in [6.45, 7) is -1.12. The Bertz CT molecular complexity index is 459. The molecule has 1 aromatic rings. The highest BCUT2D eigenvalue weighted by Gasteiger charge is 2.38. The molecule has 0 aliphatic rings. The van der Waals surface area contributed by atoms with Crippen LogP contribution in [-0.4, -0.2) is 16.5 Å². The maximum Gasteiger partial charge on any atom is 0.574 e. The molecule has 1 N–H and O–H groups in total. The molecule has 1 aromatic heterocycles. The third-order valence-corrected chi connectivity index (χ3v) is 2.34. The molecule has 1 rings (SSSR count). The van der Waals surface area contributed by atoms with Crippen molar-refractivity contribution in [3.05, 3.63) is 22.9 Å². The van der Waals surface area contributed by atoms with E-state index in [1.165, 1.54) is 0 Å². The van der Waals surface area contributed by atoms with Gasteiger partial charge in [-0.05, 0) is 5.56 Å². The molecule has 0 bridgehead atoms. The molecule has 0 unspecified atom stereocenters. The number of hydrogen-bond donors (Lipinski definition) is 1. The van der Waals surface area contributed by atoms with Crippen molar-refractivity contribution in [2.45, 2.75) is 25.0 Å². The molecule has 0 radical (unpaired) electrons. The average molecular weight is 310 g/mol. The van der Waals surface area contributed by atoms with Gasteiger partial charge in [0.25, 0.3) is 0 Å². The molecule has 0 amide bonds. The molecule has 3 nitrogen and oxygen atoms in total. The van der Waals surface area contributed by atoms with Gasteiger partial charge in [-0.1, -0.05) is 0 Å². The van der Waals surface area contributed by atoms with E-state index < -0.39 is 47.6 Å². The van der Waals surface area contributed by atoms with Crippen LogP contribution in [0.3, 0.4) is 0 Å². The Morgan fingerprint density at radius 1 is 1.16 bits per heavy atom. The topological polar surface area (TPSA) is 42.4 Å². The second-order valence-electron chi connectivity index (χ2n) is 3.27. The van der Waals surface area contributed by atoms with E-state index in [9.17, 15) is 26.3 Å². The normalized spacial score (nSPS) is 12.6. The minimum Gasteiger partial charge on any atom is -0.391 e. The molecule has 10 heteroatoms. The molecule has 108 valence electrons. The van der Waals surface area contributed by atoms with Crippen LogP contribution in [0.4, 0.5) is 26.3 Å². The van der Waals surface area contributed by atoms with Gasteiger partial charge in [-0.15, -0.1) is 24.8 Å². The van der Waals surface area contributed by atoms with Crippen LogP contribution in [0.25, 0.3) is 0 Å². The third kappa shape index (κ3) is 3.87. The lowest BCUT2D eigenvalue weighted by molar-refractivity contribution is -0.276. The Kier molecular flexibility index (Phi) is 4.51. The first-order valence-electron chi connectivity index (χ1n) is 4.60. The highest BCUT2D eigenvalue weighted by Crippen LogP contribution is 2.37. The first kappa shape index (κ1) is 15.8. The summed E-state index contributed by atoms with van der Waals surface area (Å²) >= 11 is 5.29. The minimum atomic E-state index is -5.14. The van der Waals surface area contributed by atoms with Gasteiger partial charge in [-0.25, -0.2) is 4.98 Å². The predicted octanol–water partition coefficient (Wildman–Crippen LogP) is 3.23. The lowest BCUT2D eigenvalue weighted by Gasteiger charge is -2.17. The smallest absolute Gasteiger partial charge is 0.391 e. The maximum absolute atomic E-state index is 12.6.